The van der Waals surface area contributed by atoms with Gasteiger partial charge in [-0.25, -0.2) is 4.79 Å². The van der Waals surface area contributed by atoms with Gasteiger partial charge in [0.25, 0.3) is 5.91 Å². The van der Waals surface area contributed by atoms with Gasteiger partial charge in [-0.05, 0) is 18.1 Å². The standard InChI is InChI=1S/C20H28N2O6/c1-12(2)17-10-13(8-9-28-17)21-16(11-18(23)24)19(25)22-15-7-5-4-6-14(15)20(26)27-3/h4-7,12-13,16-17,21H,8-11H2,1-3H3,(H,22,25)(H,23,24)/t13-,16+,17-/m1/s1. The Bertz CT molecular complexity index is 706. The summed E-state index contributed by atoms with van der Waals surface area (Å²) >= 11 is 0. The first-order valence-corrected chi connectivity index (χ1v) is 9.46. The maximum absolute atomic E-state index is 12.8. The lowest BCUT2D eigenvalue weighted by Crippen LogP contribution is -2.98. The molecule has 1 amide bonds. The van der Waals surface area contributed by atoms with Gasteiger partial charge in [0.15, 0.2) is 6.04 Å². The third-order valence-electron chi connectivity index (χ3n) is 4.92. The number of quaternary nitrogens is 1. The number of carbonyl (C=O) groups excluding carboxylic acids is 3. The first-order chi connectivity index (χ1) is 13.3. The van der Waals surface area contributed by atoms with Gasteiger partial charge < -0.3 is 30.0 Å². The van der Waals surface area contributed by atoms with E-state index in [0.29, 0.717) is 12.5 Å². The van der Waals surface area contributed by atoms with Crippen LogP contribution in [-0.2, 0) is 19.1 Å². The number of carboxylic acids is 1. The second kappa shape index (κ2) is 10.2. The van der Waals surface area contributed by atoms with Crippen LogP contribution in [0.15, 0.2) is 24.3 Å². The quantitative estimate of drug-likeness (QED) is 0.585. The molecule has 1 aliphatic heterocycles. The second-order valence-corrected chi connectivity index (χ2v) is 7.34. The fourth-order valence-electron chi connectivity index (χ4n) is 3.36. The molecular weight excluding hydrogens is 364 g/mol. The molecule has 0 saturated carbocycles. The summed E-state index contributed by atoms with van der Waals surface area (Å²) in [6.07, 6.45) is 1.14. The molecule has 2 rings (SSSR count). The van der Waals surface area contributed by atoms with Gasteiger partial charge in [-0.15, -0.1) is 0 Å². The van der Waals surface area contributed by atoms with Crippen LogP contribution in [0.2, 0.25) is 0 Å². The van der Waals surface area contributed by atoms with E-state index in [9.17, 15) is 19.5 Å². The van der Waals surface area contributed by atoms with Crippen molar-refractivity contribution in [3.8, 4) is 0 Å². The van der Waals surface area contributed by atoms with Gasteiger partial charge >= 0.3 is 5.97 Å². The van der Waals surface area contributed by atoms with Crippen molar-refractivity contribution in [3.05, 3.63) is 29.8 Å². The Balaban J connectivity index is 2.11. The minimum atomic E-state index is -1.30. The fourth-order valence-corrected chi connectivity index (χ4v) is 3.36. The number of methoxy groups -OCH3 is 1. The minimum absolute atomic E-state index is 0.0760. The van der Waals surface area contributed by atoms with Crippen molar-refractivity contribution in [3.63, 3.8) is 0 Å². The number of carboxylic acid groups (broad SMARTS) is 1. The molecule has 0 bridgehead atoms. The predicted molar refractivity (Wildman–Crippen MR) is 99.3 cm³/mol. The first-order valence-electron chi connectivity index (χ1n) is 9.46. The summed E-state index contributed by atoms with van der Waals surface area (Å²) in [4.78, 5) is 35.9. The number of aliphatic carboxylic acids is 1. The van der Waals surface area contributed by atoms with Gasteiger partial charge in [0.05, 0.1) is 37.1 Å². The number of ether oxygens (including phenoxy) is 2. The van der Waals surface area contributed by atoms with Gasteiger partial charge in [-0.3, -0.25) is 4.79 Å². The van der Waals surface area contributed by atoms with E-state index >= 15 is 0 Å². The van der Waals surface area contributed by atoms with Crippen molar-refractivity contribution in [1.29, 1.82) is 0 Å². The van der Waals surface area contributed by atoms with Gasteiger partial charge in [-0.2, -0.15) is 0 Å². The Morgan fingerprint density at radius 3 is 2.68 bits per heavy atom. The van der Waals surface area contributed by atoms with Crippen LogP contribution in [0.1, 0.15) is 43.5 Å². The van der Waals surface area contributed by atoms with Crippen LogP contribution in [0.5, 0.6) is 0 Å². The SMILES string of the molecule is COC(=O)c1ccccc1NC(=O)[C@H](CC(=O)[O-])[NH2+][C@@H]1CCO[C@@H](C(C)C)C1. The highest BCUT2D eigenvalue weighted by molar-refractivity contribution is 6.02. The lowest BCUT2D eigenvalue weighted by molar-refractivity contribution is -0.713. The smallest absolute Gasteiger partial charge is 0.339 e. The molecule has 1 fully saturated rings. The summed E-state index contributed by atoms with van der Waals surface area (Å²) in [5, 5.41) is 15.6. The Kier molecular flexibility index (Phi) is 7.95. The third kappa shape index (κ3) is 6.03. The lowest BCUT2D eigenvalue weighted by atomic mass is 9.94. The van der Waals surface area contributed by atoms with E-state index in [4.69, 9.17) is 9.47 Å². The number of benzene rings is 1. The molecule has 1 aromatic rings. The molecule has 3 atom stereocenters. The van der Waals surface area contributed by atoms with Crippen LogP contribution in [0.25, 0.3) is 0 Å². The van der Waals surface area contributed by atoms with Gasteiger partial charge in [-0.1, -0.05) is 26.0 Å². The summed E-state index contributed by atoms with van der Waals surface area (Å²) < 4.78 is 10.5. The fraction of sp³-hybridized carbons (Fsp3) is 0.550. The minimum Gasteiger partial charge on any atom is -0.550 e. The Labute approximate surface area is 164 Å². The molecule has 1 aliphatic rings. The highest BCUT2D eigenvalue weighted by atomic mass is 16.5. The van der Waals surface area contributed by atoms with Gasteiger partial charge in [0.1, 0.15) is 0 Å². The Morgan fingerprint density at radius 1 is 1.32 bits per heavy atom. The maximum atomic E-state index is 12.8. The Morgan fingerprint density at radius 2 is 2.04 bits per heavy atom. The largest absolute Gasteiger partial charge is 0.550 e. The van der Waals surface area contributed by atoms with Gasteiger partial charge in [0, 0.05) is 25.2 Å². The zero-order chi connectivity index (χ0) is 20.7. The molecule has 3 N–H and O–H groups in total. The average molecular weight is 392 g/mol. The molecule has 0 aliphatic carbocycles. The molecule has 0 spiro atoms. The number of rotatable bonds is 8. The van der Waals surface area contributed by atoms with Crippen molar-refractivity contribution in [2.75, 3.05) is 19.0 Å². The van der Waals surface area contributed by atoms with Crippen LogP contribution >= 0.6 is 0 Å². The van der Waals surface area contributed by atoms with Crippen LogP contribution in [0.4, 0.5) is 5.69 Å². The molecule has 0 unspecified atom stereocenters. The van der Waals surface area contributed by atoms with Crippen molar-refractivity contribution < 1.29 is 34.3 Å². The number of esters is 1. The number of amides is 1. The normalized spacial score (nSPS) is 20.4. The van der Waals surface area contributed by atoms with E-state index in [2.05, 4.69) is 19.2 Å². The highest BCUT2D eigenvalue weighted by Gasteiger charge is 2.32. The number of hydrogen-bond acceptors (Lipinski definition) is 6. The number of anilines is 1. The van der Waals surface area contributed by atoms with Crippen molar-refractivity contribution >= 4 is 23.5 Å². The number of nitrogens with one attached hydrogen (secondary N) is 1. The third-order valence-corrected chi connectivity index (χ3v) is 4.92. The molecular formula is C20H28N2O6. The molecule has 1 aromatic carbocycles. The summed E-state index contributed by atoms with van der Waals surface area (Å²) in [6.45, 7) is 4.72. The van der Waals surface area contributed by atoms with E-state index in [1.807, 2.05) is 0 Å². The molecule has 8 nitrogen and oxygen atoms in total. The summed E-state index contributed by atoms with van der Waals surface area (Å²) in [5.41, 5.74) is 0.486. The molecule has 154 valence electrons. The molecule has 1 heterocycles. The van der Waals surface area contributed by atoms with Crippen LogP contribution in [0, 0.1) is 5.92 Å². The van der Waals surface area contributed by atoms with E-state index in [-0.39, 0.29) is 23.4 Å². The topological polar surface area (TPSA) is 121 Å². The second-order valence-electron chi connectivity index (χ2n) is 7.34. The Hall–Kier alpha value is -2.45. The maximum Gasteiger partial charge on any atom is 0.339 e. The summed E-state index contributed by atoms with van der Waals surface area (Å²) in [7, 11) is 1.25. The number of para-hydroxylation sites is 1. The summed E-state index contributed by atoms with van der Waals surface area (Å²) in [6, 6.07) is 5.64. The van der Waals surface area contributed by atoms with Crippen LogP contribution in [-0.4, -0.2) is 49.8 Å². The lowest BCUT2D eigenvalue weighted by Gasteiger charge is -2.32. The van der Waals surface area contributed by atoms with Crippen molar-refractivity contribution in [1.82, 2.24) is 0 Å². The molecule has 8 heteroatoms. The molecule has 28 heavy (non-hydrogen) atoms. The van der Waals surface area contributed by atoms with Crippen LogP contribution < -0.4 is 15.7 Å². The van der Waals surface area contributed by atoms with Crippen molar-refractivity contribution in [2.24, 2.45) is 5.92 Å². The highest BCUT2D eigenvalue weighted by Crippen LogP contribution is 2.19. The summed E-state index contributed by atoms with van der Waals surface area (Å²) in [5.74, 6) is -2.03. The van der Waals surface area contributed by atoms with E-state index in [1.54, 1.807) is 23.5 Å². The van der Waals surface area contributed by atoms with E-state index in [1.165, 1.54) is 13.2 Å². The predicted octanol–water partition coefficient (Wildman–Crippen LogP) is -0.313. The van der Waals surface area contributed by atoms with E-state index in [0.717, 1.165) is 12.8 Å². The molecule has 1 saturated heterocycles. The zero-order valence-electron chi connectivity index (χ0n) is 16.5. The zero-order valence-corrected chi connectivity index (χ0v) is 16.5. The van der Waals surface area contributed by atoms with Crippen molar-refractivity contribution in [2.45, 2.75) is 51.3 Å². The molecule has 0 aromatic heterocycles. The van der Waals surface area contributed by atoms with Crippen LogP contribution in [0.3, 0.4) is 0 Å². The monoisotopic (exact) mass is 392 g/mol. The number of carbonyl (C=O) groups is 3. The first kappa shape index (κ1) is 21.8. The average Bonchev–Trinajstić information content (AvgIpc) is 2.67. The molecule has 0 radical (unpaired) electrons. The van der Waals surface area contributed by atoms with E-state index < -0.39 is 30.3 Å². The number of nitrogens with two attached hydrogens (primary N) is 1. The van der Waals surface area contributed by atoms with Gasteiger partial charge in [0.2, 0.25) is 0 Å². The number of hydrogen-bond donors (Lipinski definition) is 2.